The van der Waals surface area contributed by atoms with Gasteiger partial charge in [-0.2, -0.15) is 0 Å². The molecule has 6 nitrogen and oxygen atoms in total. The standard InChI is InChI=1S/C11H12Br2N2O4/c12-4-1-6-7(2-5(4)13)15-11(14-6)10(19)9(18)8(17)3-16/h1-2,8-10,16-19H,3H2,(H,14,15)/t8-,9+,10-/m1/s1. The van der Waals surface area contributed by atoms with E-state index in [1.165, 1.54) is 0 Å². The van der Waals surface area contributed by atoms with Crippen LogP contribution in [0.1, 0.15) is 11.9 Å². The number of aromatic amines is 1. The number of halogens is 2. The van der Waals surface area contributed by atoms with Crippen LogP contribution in [0.5, 0.6) is 0 Å². The number of aliphatic hydroxyl groups is 4. The molecule has 3 atom stereocenters. The predicted molar refractivity (Wildman–Crippen MR) is 75.6 cm³/mol. The Labute approximate surface area is 125 Å². The fraction of sp³-hybridized carbons (Fsp3) is 0.364. The van der Waals surface area contributed by atoms with Gasteiger partial charge in [0.2, 0.25) is 0 Å². The number of H-pyrrole nitrogens is 1. The van der Waals surface area contributed by atoms with Crippen LogP contribution in [-0.2, 0) is 0 Å². The van der Waals surface area contributed by atoms with E-state index in [0.29, 0.717) is 11.0 Å². The molecule has 0 aliphatic rings. The van der Waals surface area contributed by atoms with Crippen LogP contribution in [0, 0.1) is 0 Å². The summed E-state index contributed by atoms with van der Waals surface area (Å²) in [4.78, 5) is 7.00. The molecule has 0 fully saturated rings. The average molecular weight is 396 g/mol. The quantitative estimate of drug-likeness (QED) is 0.526. The number of aliphatic hydroxyl groups excluding tert-OH is 4. The fourth-order valence-corrected chi connectivity index (χ4v) is 2.32. The van der Waals surface area contributed by atoms with Crippen LogP contribution in [0.25, 0.3) is 11.0 Å². The zero-order valence-corrected chi connectivity index (χ0v) is 12.8. The molecule has 2 aromatic rings. The SMILES string of the molecule is OC[C@@H](O)[C@H](O)[C@@H](O)c1nc2cc(Br)c(Br)cc2[nH]1. The van der Waals surface area contributed by atoms with Gasteiger partial charge in [0, 0.05) is 8.95 Å². The molecule has 0 unspecified atom stereocenters. The third kappa shape index (κ3) is 2.99. The van der Waals surface area contributed by atoms with E-state index in [9.17, 15) is 15.3 Å². The molecule has 1 aromatic carbocycles. The molecular weight excluding hydrogens is 384 g/mol. The molecule has 0 aliphatic carbocycles. The highest BCUT2D eigenvalue weighted by atomic mass is 79.9. The monoisotopic (exact) mass is 394 g/mol. The lowest BCUT2D eigenvalue weighted by molar-refractivity contribution is -0.0800. The highest BCUT2D eigenvalue weighted by molar-refractivity contribution is 9.13. The van der Waals surface area contributed by atoms with Crippen molar-refractivity contribution in [3.63, 3.8) is 0 Å². The van der Waals surface area contributed by atoms with Gasteiger partial charge in [0.25, 0.3) is 0 Å². The summed E-state index contributed by atoms with van der Waals surface area (Å²) in [6, 6.07) is 3.53. The first kappa shape index (κ1) is 14.9. The molecule has 1 heterocycles. The molecule has 0 spiro atoms. The first-order chi connectivity index (χ1) is 8.93. The lowest BCUT2D eigenvalue weighted by Crippen LogP contribution is -2.35. The number of rotatable bonds is 4. The second-order valence-corrected chi connectivity index (χ2v) is 5.80. The van der Waals surface area contributed by atoms with Crippen molar-refractivity contribution in [1.29, 1.82) is 0 Å². The Kier molecular flexibility index (Phi) is 4.59. The summed E-state index contributed by atoms with van der Waals surface area (Å²) in [7, 11) is 0. The van der Waals surface area contributed by atoms with Gasteiger partial charge in [0.1, 0.15) is 24.1 Å². The molecular formula is C11H12Br2N2O4. The Balaban J connectivity index is 2.35. The van der Waals surface area contributed by atoms with Gasteiger partial charge < -0.3 is 25.4 Å². The number of fused-ring (bicyclic) bond motifs is 1. The largest absolute Gasteiger partial charge is 0.394 e. The van der Waals surface area contributed by atoms with Gasteiger partial charge in [0.05, 0.1) is 17.6 Å². The summed E-state index contributed by atoms with van der Waals surface area (Å²) in [5.41, 5.74) is 1.28. The summed E-state index contributed by atoms with van der Waals surface area (Å²) in [6.07, 6.45) is -4.36. The van der Waals surface area contributed by atoms with Crippen molar-refractivity contribution in [3.8, 4) is 0 Å². The van der Waals surface area contributed by atoms with Gasteiger partial charge in [-0.25, -0.2) is 4.98 Å². The average Bonchev–Trinajstić information content (AvgIpc) is 2.79. The number of benzene rings is 1. The Morgan fingerprint density at radius 2 is 1.79 bits per heavy atom. The topological polar surface area (TPSA) is 110 Å². The van der Waals surface area contributed by atoms with E-state index >= 15 is 0 Å². The van der Waals surface area contributed by atoms with Crippen LogP contribution in [-0.4, -0.2) is 49.2 Å². The molecule has 1 aromatic heterocycles. The zero-order chi connectivity index (χ0) is 14.2. The van der Waals surface area contributed by atoms with Crippen LogP contribution in [0.4, 0.5) is 0 Å². The molecule has 0 radical (unpaired) electrons. The number of aromatic nitrogens is 2. The second kappa shape index (κ2) is 5.86. The van der Waals surface area contributed by atoms with Gasteiger partial charge in [-0.3, -0.25) is 0 Å². The molecule has 2 rings (SSSR count). The lowest BCUT2D eigenvalue weighted by Gasteiger charge is -2.19. The number of hydrogen-bond donors (Lipinski definition) is 5. The maximum atomic E-state index is 9.89. The van der Waals surface area contributed by atoms with E-state index in [-0.39, 0.29) is 5.82 Å². The predicted octanol–water partition coefficient (Wildman–Crippen LogP) is 0.835. The van der Waals surface area contributed by atoms with Gasteiger partial charge in [0.15, 0.2) is 0 Å². The van der Waals surface area contributed by atoms with Crippen molar-refractivity contribution in [3.05, 3.63) is 26.9 Å². The first-order valence-corrected chi connectivity index (χ1v) is 7.02. The van der Waals surface area contributed by atoms with Crippen LogP contribution in [0.2, 0.25) is 0 Å². The van der Waals surface area contributed by atoms with E-state index in [2.05, 4.69) is 41.8 Å². The van der Waals surface area contributed by atoms with Gasteiger partial charge in [-0.15, -0.1) is 0 Å². The maximum Gasteiger partial charge on any atom is 0.140 e. The third-order valence-corrected chi connectivity index (χ3v) is 4.57. The van der Waals surface area contributed by atoms with Crippen molar-refractivity contribution in [2.45, 2.75) is 18.3 Å². The minimum atomic E-state index is -1.52. The summed E-state index contributed by atoms with van der Waals surface area (Å²) in [5, 5.41) is 37.6. The number of imidazole rings is 1. The van der Waals surface area contributed by atoms with Crippen molar-refractivity contribution >= 4 is 42.9 Å². The third-order valence-electron chi connectivity index (χ3n) is 2.73. The minimum Gasteiger partial charge on any atom is -0.394 e. The van der Waals surface area contributed by atoms with E-state index < -0.39 is 24.9 Å². The maximum absolute atomic E-state index is 9.89. The molecule has 0 saturated carbocycles. The molecule has 19 heavy (non-hydrogen) atoms. The van der Waals surface area contributed by atoms with Crippen LogP contribution in [0.15, 0.2) is 21.1 Å². The second-order valence-electron chi connectivity index (χ2n) is 4.09. The summed E-state index contributed by atoms with van der Waals surface area (Å²) in [6.45, 7) is -0.643. The summed E-state index contributed by atoms with van der Waals surface area (Å²) < 4.78 is 1.63. The Bertz CT molecular complexity index is 550. The number of nitrogens with zero attached hydrogens (tertiary/aromatic N) is 1. The number of hydrogen-bond acceptors (Lipinski definition) is 5. The van der Waals surface area contributed by atoms with E-state index in [4.69, 9.17) is 5.11 Å². The molecule has 0 bridgehead atoms. The lowest BCUT2D eigenvalue weighted by atomic mass is 10.1. The first-order valence-electron chi connectivity index (χ1n) is 5.43. The number of nitrogens with one attached hydrogen (secondary N) is 1. The van der Waals surface area contributed by atoms with E-state index in [1.807, 2.05) is 0 Å². The summed E-state index contributed by atoms with van der Waals surface area (Å²) >= 11 is 6.69. The van der Waals surface area contributed by atoms with E-state index in [0.717, 1.165) is 8.95 Å². The highest BCUT2D eigenvalue weighted by Crippen LogP contribution is 2.29. The Morgan fingerprint density at radius 3 is 2.42 bits per heavy atom. The smallest absolute Gasteiger partial charge is 0.140 e. The van der Waals surface area contributed by atoms with Crippen LogP contribution >= 0.6 is 31.9 Å². The molecule has 0 aliphatic heterocycles. The highest BCUT2D eigenvalue weighted by Gasteiger charge is 2.27. The molecule has 104 valence electrons. The Morgan fingerprint density at radius 1 is 1.16 bits per heavy atom. The molecule has 8 heteroatoms. The molecule has 0 amide bonds. The van der Waals surface area contributed by atoms with Gasteiger partial charge >= 0.3 is 0 Å². The van der Waals surface area contributed by atoms with Crippen molar-refractivity contribution in [1.82, 2.24) is 9.97 Å². The van der Waals surface area contributed by atoms with Crippen molar-refractivity contribution in [2.24, 2.45) is 0 Å². The van der Waals surface area contributed by atoms with Gasteiger partial charge in [-0.05, 0) is 44.0 Å². The zero-order valence-electron chi connectivity index (χ0n) is 9.59. The van der Waals surface area contributed by atoms with Crippen LogP contribution in [0.3, 0.4) is 0 Å². The molecule has 0 saturated heterocycles. The fourth-order valence-electron chi connectivity index (χ4n) is 1.64. The van der Waals surface area contributed by atoms with Crippen LogP contribution < -0.4 is 0 Å². The van der Waals surface area contributed by atoms with Crippen molar-refractivity contribution < 1.29 is 20.4 Å². The van der Waals surface area contributed by atoms with E-state index in [1.54, 1.807) is 12.1 Å². The van der Waals surface area contributed by atoms with Gasteiger partial charge in [-0.1, -0.05) is 0 Å². The van der Waals surface area contributed by atoms with Crippen molar-refractivity contribution in [2.75, 3.05) is 6.61 Å². The summed E-state index contributed by atoms with van der Waals surface area (Å²) in [5.74, 6) is 0.125. The minimum absolute atomic E-state index is 0.125. The molecule has 5 N–H and O–H groups in total. The normalized spacial score (nSPS) is 16.5. The Hall–Kier alpha value is -0.510.